The molecule has 192 valence electrons. The fourth-order valence-electron chi connectivity index (χ4n) is 5.70. The quantitative estimate of drug-likeness (QED) is 0.260. The molecule has 0 amide bonds. The van der Waals surface area contributed by atoms with Crippen LogP contribution in [0.2, 0.25) is 0 Å². The second-order valence-electron chi connectivity index (χ2n) is 11.4. The summed E-state index contributed by atoms with van der Waals surface area (Å²) in [6.07, 6.45) is 0. The van der Waals surface area contributed by atoms with Gasteiger partial charge < -0.3 is 0 Å². The molecule has 7 heteroatoms. The first-order valence-corrected chi connectivity index (χ1v) is 18.5. The van der Waals surface area contributed by atoms with E-state index in [0.717, 1.165) is 0 Å². The van der Waals surface area contributed by atoms with E-state index < -0.39 is 18.6 Å². The van der Waals surface area contributed by atoms with Crippen LogP contribution in [0.5, 0.6) is 0 Å². The molecule has 2 aliphatic rings. The topological polar surface area (TPSA) is 43.2 Å². The van der Waals surface area contributed by atoms with Gasteiger partial charge in [0, 0.05) is 0 Å². The van der Waals surface area contributed by atoms with E-state index >= 15 is 0 Å². The van der Waals surface area contributed by atoms with Crippen LogP contribution in [0.3, 0.4) is 0 Å². The third-order valence-corrected chi connectivity index (χ3v) is 13.0. The fourth-order valence-corrected chi connectivity index (χ4v) is 9.32. The van der Waals surface area contributed by atoms with E-state index in [2.05, 4.69) is 117 Å². The Morgan fingerprint density at radius 3 is 1.06 bits per heavy atom. The van der Waals surface area contributed by atoms with Crippen molar-refractivity contribution < 1.29 is 16.9 Å². The van der Waals surface area contributed by atoms with E-state index in [9.17, 15) is 0 Å². The first-order valence-electron chi connectivity index (χ1n) is 11.9. The predicted molar refractivity (Wildman–Crippen MR) is 144 cm³/mol. The van der Waals surface area contributed by atoms with Crippen LogP contribution in [0.15, 0.2) is 9.98 Å². The Morgan fingerprint density at radius 1 is 0.656 bits per heavy atom. The van der Waals surface area contributed by atoms with Gasteiger partial charge in [-0.1, -0.05) is 0 Å². The molecule has 0 unspecified atom stereocenters. The van der Waals surface area contributed by atoms with Gasteiger partial charge in [-0.2, -0.15) is 0 Å². The molecule has 0 N–H and O–H groups in total. The average molecular weight is 625 g/mol. The Hall–Kier alpha value is 0.264. The van der Waals surface area contributed by atoms with Crippen LogP contribution in [0.4, 0.5) is 0 Å². The summed E-state index contributed by atoms with van der Waals surface area (Å²) >= 11 is 8.01. The summed E-state index contributed by atoms with van der Waals surface area (Å²) < 4.78 is 13.8. The zero-order valence-electron chi connectivity index (χ0n) is 22.1. The first-order chi connectivity index (χ1) is 14.3. The van der Waals surface area contributed by atoms with Crippen molar-refractivity contribution in [3.63, 3.8) is 0 Å². The van der Waals surface area contributed by atoms with Crippen LogP contribution in [0.1, 0.15) is 83.1 Å². The molecule has 2 atom stereocenters. The van der Waals surface area contributed by atoms with Crippen LogP contribution in [0.25, 0.3) is 0 Å². The van der Waals surface area contributed by atoms with E-state index in [4.69, 9.17) is 19.5 Å². The van der Waals surface area contributed by atoms with Crippen molar-refractivity contribution in [1.82, 2.24) is 0 Å². The number of halogens is 2. The minimum absolute atomic E-state index is 0.0370. The van der Waals surface area contributed by atoms with Gasteiger partial charge in [-0.25, -0.2) is 0 Å². The number of ether oxygens (including phenoxy) is 2. The van der Waals surface area contributed by atoms with Gasteiger partial charge in [0.15, 0.2) is 0 Å². The van der Waals surface area contributed by atoms with Crippen molar-refractivity contribution >= 4 is 43.7 Å². The normalized spacial score (nSPS) is 26.6. The van der Waals surface area contributed by atoms with Crippen LogP contribution in [-0.4, -0.2) is 38.5 Å². The zero-order chi connectivity index (χ0) is 25.0. The average Bonchev–Trinajstić information content (AvgIpc) is 3.24. The third-order valence-electron chi connectivity index (χ3n) is 7.30. The summed E-state index contributed by atoms with van der Waals surface area (Å²) in [4.78, 5) is 11.6. The van der Waals surface area contributed by atoms with Gasteiger partial charge in [0.1, 0.15) is 0 Å². The van der Waals surface area contributed by atoms with Crippen molar-refractivity contribution in [2.45, 2.75) is 106 Å². The van der Waals surface area contributed by atoms with E-state index in [1.165, 1.54) is 0 Å². The van der Waals surface area contributed by atoms with E-state index in [0.29, 0.717) is 45.2 Å². The molecule has 32 heavy (non-hydrogen) atoms. The summed E-state index contributed by atoms with van der Waals surface area (Å²) in [6.45, 7) is 26.7. The Balaban J connectivity index is 2.66. The molecule has 2 rings (SSSR count). The van der Waals surface area contributed by atoms with E-state index in [1.54, 1.807) is 0 Å². The number of hydrogen-bond acceptors (Lipinski definition) is 4. The summed E-state index contributed by atoms with van der Waals surface area (Å²) in [5, 5.41) is 0. The molecule has 0 aromatic carbocycles. The summed E-state index contributed by atoms with van der Waals surface area (Å²) in [7, 11) is -3.25. The van der Waals surface area contributed by atoms with Crippen LogP contribution < -0.4 is 0 Å². The summed E-state index contributed by atoms with van der Waals surface area (Å²) in [6, 6.07) is 0.0740. The standard InChI is InChI=1S/2C12H22NO.CH2.2BrH.Ni/c2*1-8(2)11-12(9(3)4,10(5)6)14-7-13-11;;;;/h2*8-11H,1-6H3;1H2;2*1H;/q;;;;;+2/p-2/t2*11-;;;;/m11..../s1. The van der Waals surface area contributed by atoms with Gasteiger partial charge in [0.05, 0.1) is 0 Å². The molecule has 2 aliphatic heterocycles. The van der Waals surface area contributed by atoms with Gasteiger partial charge in [-0.3, -0.25) is 0 Å². The number of nitrogens with zero attached hydrogens (tertiary/aromatic N) is 2. The molecule has 0 radical (unpaired) electrons. The molecule has 0 bridgehead atoms. The molecule has 0 saturated heterocycles. The molecular formula is C25H46Br2N2NiO2. The maximum absolute atomic E-state index is 6.90. The second-order valence-corrected chi connectivity index (χ2v) is 26.5. The molecule has 0 saturated carbocycles. The zero-order valence-corrected chi connectivity index (χ0v) is 26.3. The van der Waals surface area contributed by atoms with Gasteiger partial charge in [0.2, 0.25) is 0 Å². The predicted octanol–water partition coefficient (Wildman–Crippen LogP) is 7.65. The number of rotatable bonds is 8. The number of aliphatic imine (C=N–C) groups is 2. The molecule has 0 fully saturated rings. The molecule has 0 spiro atoms. The molecule has 0 aromatic heterocycles. The number of hydrogen-bond donors (Lipinski definition) is 0. The maximum atomic E-state index is 6.90. The van der Waals surface area contributed by atoms with Crippen molar-refractivity contribution in [2.75, 3.05) is 0 Å². The molecule has 4 nitrogen and oxygen atoms in total. The molecule has 2 heterocycles. The van der Waals surface area contributed by atoms with E-state index in [1.807, 2.05) is 0 Å². The summed E-state index contributed by atoms with van der Waals surface area (Å²) in [5.74, 6) is 1.84. The van der Waals surface area contributed by atoms with Gasteiger partial charge in [-0.05, 0) is 0 Å². The summed E-state index contributed by atoms with van der Waals surface area (Å²) in [5.41, 5.74) is 3.87. The Kier molecular flexibility index (Phi) is 8.06. The van der Waals surface area contributed by atoms with Gasteiger partial charge >= 0.3 is 212 Å². The third kappa shape index (κ3) is 4.23. The van der Waals surface area contributed by atoms with Crippen LogP contribution in [-0.2, 0) is 16.9 Å². The van der Waals surface area contributed by atoms with Crippen molar-refractivity contribution in [1.29, 1.82) is 0 Å². The van der Waals surface area contributed by atoms with Crippen LogP contribution >= 0.6 is 28.5 Å². The van der Waals surface area contributed by atoms with Crippen molar-refractivity contribution in [3.05, 3.63) is 0 Å². The Morgan fingerprint density at radius 2 is 0.906 bits per heavy atom. The van der Waals surface area contributed by atoms with Crippen molar-refractivity contribution in [2.24, 2.45) is 45.5 Å². The van der Waals surface area contributed by atoms with Gasteiger partial charge in [-0.15, -0.1) is 0 Å². The monoisotopic (exact) mass is 622 g/mol. The molecule has 0 aliphatic carbocycles. The minimum atomic E-state index is -3.25. The van der Waals surface area contributed by atoms with E-state index in [-0.39, 0.29) is 12.1 Å². The molecular weight excluding hydrogens is 579 g/mol. The Bertz CT molecular complexity index is 759. The fraction of sp³-hybridized carbons (Fsp3) is 0.880. The second kappa shape index (κ2) is 9.05. The van der Waals surface area contributed by atoms with Crippen molar-refractivity contribution in [3.8, 4) is 0 Å². The van der Waals surface area contributed by atoms with Crippen LogP contribution in [0, 0.1) is 35.5 Å². The van der Waals surface area contributed by atoms with Gasteiger partial charge in [0.25, 0.3) is 0 Å². The SMILES string of the molecule is [CH2]=[Ni]([Br])([Br])([C]1=N[C@H](C(C)C)C(C(C)C)(C(C)C)O1)[C]1=N[C@H](C(C)C)C(C(C)C)(C(C)C)O1. The first kappa shape index (κ1) is 28.5. The molecule has 0 aromatic rings. The Labute approximate surface area is 211 Å².